The number of nitrogens with zero attached hydrogens (tertiary/aromatic N) is 2. The van der Waals surface area contributed by atoms with E-state index in [1.807, 2.05) is 6.92 Å². The first-order chi connectivity index (χ1) is 14.8. The highest BCUT2D eigenvalue weighted by molar-refractivity contribution is 7.17. The van der Waals surface area contributed by atoms with Crippen molar-refractivity contribution < 1.29 is 22.8 Å². The van der Waals surface area contributed by atoms with Gasteiger partial charge in [0.15, 0.2) is 0 Å². The lowest BCUT2D eigenvalue weighted by Crippen LogP contribution is -2.50. The Morgan fingerprint density at radius 3 is 1.97 bits per heavy atom. The Hall–Kier alpha value is -3.13. The maximum Gasteiger partial charge on any atom is 0.264 e. The second kappa shape index (κ2) is 8.55. The minimum absolute atomic E-state index is 0.161. The zero-order valence-electron chi connectivity index (χ0n) is 16.7. The van der Waals surface area contributed by atoms with E-state index in [2.05, 4.69) is 0 Å². The number of carbonyl (C=O) groups is 2. The van der Waals surface area contributed by atoms with Crippen LogP contribution in [0, 0.1) is 24.4 Å². The average molecular weight is 444 g/mol. The van der Waals surface area contributed by atoms with Crippen molar-refractivity contribution in [2.24, 2.45) is 0 Å². The van der Waals surface area contributed by atoms with E-state index in [-0.39, 0.29) is 37.9 Å². The van der Waals surface area contributed by atoms with Gasteiger partial charge in [0.2, 0.25) is 0 Å². The standard InChI is InChI=1S/C23H19F3N2O2S/c1-14-13-19(31-21(14)15-5-7-16(24)8-6-15)22(29)27-9-11-28(12-10-27)23(30)20-17(25)3-2-4-18(20)26/h2-8,13H,9-12H2,1H3. The second-order valence-corrected chi connectivity index (χ2v) is 8.36. The molecule has 1 aromatic heterocycles. The molecule has 2 aromatic carbocycles. The van der Waals surface area contributed by atoms with Crippen molar-refractivity contribution in [2.75, 3.05) is 26.2 Å². The fourth-order valence-corrected chi connectivity index (χ4v) is 4.75. The van der Waals surface area contributed by atoms with E-state index in [0.717, 1.165) is 28.1 Å². The number of hydrogen-bond donors (Lipinski definition) is 0. The molecule has 8 heteroatoms. The smallest absolute Gasteiger partial charge is 0.264 e. The van der Waals surface area contributed by atoms with Crippen molar-refractivity contribution in [3.05, 3.63) is 82.0 Å². The van der Waals surface area contributed by atoms with E-state index in [1.165, 1.54) is 34.4 Å². The Bertz CT molecular complexity index is 1120. The molecular formula is C23H19F3N2O2S. The monoisotopic (exact) mass is 444 g/mol. The van der Waals surface area contributed by atoms with Crippen molar-refractivity contribution >= 4 is 23.2 Å². The Labute approximate surface area is 181 Å². The van der Waals surface area contributed by atoms with Gasteiger partial charge in [0.05, 0.1) is 4.88 Å². The minimum atomic E-state index is -0.897. The maximum absolute atomic E-state index is 13.9. The molecule has 4 rings (SSSR count). The highest BCUT2D eigenvalue weighted by atomic mass is 32.1. The molecule has 4 nitrogen and oxygen atoms in total. The molecule has 1 aliphatic rings. The molecule has 3 aromatic rings. The summed E-state index contributed by atoms with van der Waals surface area (Å²) in [4.78, 5) is 29.9. The number of amides is 2. The quantitative estimate of drug-likeness (QED) is 0.586. The fraction of sp³-hybridized carbons (Fsp3) is 0.217. The van der Waals surface area contributed by atoms with Gasteiger partial charge in [-0.2, -0.15) is 0 Å². The molecule has 2 amide bonds. The number of thiophene rings is 1. The fourth-order valence-electron chi connectivity index (χ4n) is 3.60. The molecule has 0 aliphatic carbocycles. The Kier molecular flexibility index (Phi) is 5.82. The number of rotatable bonds is 3. The normalized spacial score (nSPS) is 14.1. The number of aryl methyl sites for hydroxylation is 1. The lowest BCUT2D eigenvalue weighted by atomic mass is 10.1. The SMILES string of the molecule is Cc1cc(C(=O)N2CCN(C(=O)c3c(F)cccc3F)CC2)sc1-c1ccc(F)cc1. The molecule has 0 radical (unpaired) electrons. The van der Waals surface area contributed by atoms with Crippen LogP contribution in [-0.2, 0) is 0 Å². The summed E-state index contributed by atoms with van der Waals surface area (Å²) in [6, 6.07) is 11.2. The third-order valence-corrected chi connectivity index (χ3v) is 6.54. The van der Waals surface area contributed by atoms with Gasteiger partial charge >= 0.3 is 0 Å². The van der Waals surface area contributed by atoms with Gasteiger partial charge < -0.3 is 9.80 Å². The highest BCUT2D eigenvalue weighted by Crippen LogP contribution is 2.33. The number of benzene rings is 2. The lowest BCUT2D eigenvalue weighted by Gasteiger charge is -2.34. The van der Waals surface area contributed by atoms with Crippen LogP contribution in [0.25, 0.3) is 10.4 Å². The lowest BCUT2D eigenvalue weighted by molar-refractivity contribution is 0.0532. The molecule has 2 heterocycles. The molecule has 0 atom stereocenters. The molecule has 0 N–H and O–H groups in total. The number of halogens is 3. The van der Waals surface area contributed by atoms with Crippen LogP contribution in [0.1, 0.15) is 25.6 Å². The number of carbonyl (C=O) groups excluding carboxylic acids is 2. The Morgan fingerprint density at radius 2 is 1.39 bits per heavy atom. The van der Waals surface area contributed by atoms with Crippen molar-refractivity contribution in [1.29, 1.82) is 0 Å². The molecule has 0 bridgehead atoms. The Morgan fingerprint density at radius 1 is 0.839 bits per heavy atom. The zero-order valence-corrected chi connectivity index (χ0v) is 17.5. The molecule has 1 aliphatic heterocycles. The van der Waals surface area contributed by atoms with Crippen LogP contribution < -0.4 is 0 Å². The van der Waals surface area contributed by atoms with E-state index in [1.54, 1.807) is 23.1 Å². The first kappa shape index (κ1) is 21.1. The van der Waals surface area contributed by atoms with E-state index in [4.69, 9.17) is 0 Å². The van der Waals surface area contributed by atoms with Crippen LogP contribution in [0.5, 0.6) is 0 Å². The van der Waals surface area contributed by atoms with Crippen LogP contribution in [0.3, 0.4) is 0 Å². The molecule has 1 fully saturated rings. The Balaban J connectivity index is 1.45. The van der Waals surface area contributed by atoms with E-state index in [0.29, 0.717) is 4.88 Å². The maximum atomic E-state index is 13.9. The average Bonchev–Trinajstić information content (AvgIpc) is 3.15. The van der Waals surface area contributed by atoms with Crippen molar-refractivity contribution in [2.45, 2.75) is 6.92 Å². The summed E-state index contributed by atoms with van der Waals surface area (Å²) in [6.07, 6.45) is 0. The molecule has 31 heavy (non-hydrogen) atoms. The summed E-state index contributed by atoms with van der Waals surface area (Å²) in [5.41, 5.74) is 1.19. The van der Waals surface area contributed by atoms with Gasteiger partial charge in [-0.3, -0.25) is 9.59 Å². The summed E-state index contributed by atoms with van der Waals surface area (Å²) in [5, 5.41) is 0. The molecule has 1 saturated heterocycles. The molecule has 0 saturated carbocycles. The van der Waals surface area contributed by atoms with E-state index < -0.39 is 23.1 Å². The molecule has 0 unspecified atom stereocenters. The number of hydrogen-bond acceptors (Lipinski definition) is 3. The molecular weight excluding hydrogens is 425 g/mol. The van der Waals surface area contributed by atoms with E-state index >= 15 is 0 Å². The van der Waals surface area contributed by atoms with Crippen molar-refractivity contribution in [3.63, 3.8) is 0 Å². The predicted molar refractivity (Wildman–Crippen MR) is 113 cm³/mol. The summed E-state index contributed by atoms with van der Waals surface area (Å²) in [6.45, 7) is 2.81. The van der Waals surface area contributed by atoms with Gasteiger partial charge in [-0.25, -0.2) is 13.2 Å². The van der Waals surface area contributed by atoms with Gasteiger partial charge in [-0.05, 0) is 48.4 Å². The van der Waals surface area contributed by atoms with Crippen LogP contribution >= 0.6 is 11.3 Å². The van der Waals surface area contributed by atoms with E-state index in [9.17, 15) is 22.8 Å². The van der Waals surface area contributed by atoms with Gasteiger partial charge in [0.1, 0.15) is 23.0 Å². The van der Waals surface area contributed by atoms with Gasteiger partial charge in [0.25, 0.3) is 11.8 Å². The van der Waals surface area contributed by atoms with Crippen LogP contribution in [0.2, 0.25) is 0 Å². The molecule has 0 spiro atoms. The second-order valence-electron chi connectivity index (χ2n) is 7.31. The highest BCUT2D eigenvalue weighted by Gasteiger charge is 2.29. The largest absolute Gasteiger partial charge is 0.335 e. The predicted octanol–water partition coefficient (Wildman–Crippen LogP) is 4.74. The summed E-state index contributed by atoms with van der Waals surface area (Å²) >= 11 is 1.33. The molecule has 160 valence electrons. The third kappa shape index (κ3) is 4.20. The third-order valence-electron chi connectivity index (χ3n) is 5.27. The van der Waals surface area contributed by atoms with Gasteiger partial charge in [-0.15, -0.1) is 11.3 Å². The zero-order chi connectivity index (χ0) is 22.1. The summed E-state index contributed by atoms with van der Waals surface area (Å²) in [5.74, 6) is -2.99. The van der Waals surface area contributed by atoms with Crippen molar-refractivity contribution in [3.8, 4) is 10.4 Å². The topological polar surface area (TPSA) is 40.6 Å². The van der Waals surface area contributed by atoms with Crippen LogP contribution in [-0.4, -0.2) is 47.8 Å². The first-order valence-electron chi connectivity index (χ1n) is 9.74. The van der Waals surface area contributed by atoms with Crippen molar-refractivity contribution in [1.82, 2.24) is 9.80 Å². The summed E-state index contributed by atoms with van der Waals surface area (Å²) in [7, 11) is 0. The van der Waals surface area contributed by atoms with Gasteiger partial charge in [0, 0.05) is 31.1 Å². The van der Waals surface area contributed by atoms with Gasteiger partial charge in [-0.1, -0.05) is 18.2 Å². The van der Waals surface area contributed by atoms with Crippen LogP contribution in [0.15, 0.2) is 48.5 Å². The minimum Gasteiger partial charge on any atom is -0.335 e. The number of piperazine rings is 1. The first-order valence-corrected chi connectivity index (χ1v) is 10.6. The van der Waals surface area contributed by atoms with Crippen LogP contribution in [0.4, 0.5) is 13.2 Å². The summed E-state index contributed by atoms with van der Waals surface area (Å²) < 4.78 is 41.0.